The van der Waals surface area contributed by atoms with Crippen LogP contribution in [-0.2, 0) is 37.5 Å². The SMILES string of the molecule is [Cl-].[Cl-].[Cl-].[Cu+].[H+].[Pd+2]. The summed E-state index contributed by atoms with van der Waals surface area (Å²) in [5.74, 6) is 0. The molecule has 0 aromatic rings. The molecule has 0 N–H and O–H groups in total. The molecule has 0 fully saturated rings. The molecule has 42 valence electrons. The fourth-order valence-electron chi connectivity index (χ4n) is 0. The van der Waals surface area contributed by atoms with Crippen LogP contribution >= 0.6 is 0 Å². The van der Waals surface area contributed by atoms with E-state index in [1.807, 2.05) is 0 Å². The second-order valence-electron chi connectivity index (χ2n) is 0. The summed E-state index contributed by atoms with van der Waals surface area (Å²) in [4.78, 5) is 0. The molecule has 5 heavy (non-hydrogen) atoms. The summed E-state index contributed by atoms with van der Waals surface area (Å²) in [7, 11) is 0. The van der Waals surface area contributed by atoms with Gasteiger partial charge in [0.05, 0.1) is 0 Å². The van der Waals surface area contributed by atoms with Gasteiger partial charge in [0.1, 0.15) is 0 Å². The average Bonchev–Trinajstić information content (AvgIpc) is 0. The molecule has 0 unspecified atom stereocenters. The van der Waals surface area contributed by atoms with Gasteiger partial charge in [-0.2, -0.15) is 0 Å². The van der Waals surface area contributed by atoms with Crippen molar-refractivity contribution < 1.29 is 76.1 Å². The van der Waals surface area contributed by atoms with Gasteiger partial charge in [-0.15, -0.1) is 0 Å². The summed E-state index contributed by atoms with van der Waals surface area (Å²) >= 11 is 0. The van der Waals surface area contributed by atoms with Gasteiger partial charge in [0, 0.05) is 0 Å². The van der Waals surface area contributed by atoms with Crippen LogP contribution in [0.4, 0.5) is 0 Å². The molecule has 0 saturated carbocycles. The molecular weight excluding hydrogens is 276 g/mol. The van der Waals surface area contributed by atoms with Gasteiger partial charge in [-0.3, -0.25) is 0 Å². The minimum Gasteiger partial charge on any atom is -1.00 e. The van der Waals surface area contributed by atoms with Gasteiger partial charge < -0.3 is 37.2 Å². The molecule has 0 aromatic heterocycles. The maximum Gasteiger partial charge on any atom is 2.00 e. The third-order valence-corrected chi connectivity index (χ3v) is 0. The van der Waals surface area contributed by atoms with Crippen LogP contribution in [0.3, 0.4) is 0 Å². The van der Waals surface area contributed by atoms with Crippen molar-refractivity contribution in [2.45, 2.75) is 0 Å². The number of hydrogen-bond donors (Lipinski definition) is 0. The Bertz CT molecular complexity index is 10.8. The van der Waals surface area contributed by atoms with E-state index >= 15 is 0 Å². The molecule has 0 aromatic carbocycles. The van der Waals surface area contributed by atoms with Crippen LogP contribution in [0.5, 0.6) is 0 Å². The Morgan fingerprint density at radius 2 is 0.800 bits per heavy atom. The van der Waals surface area contributed by atoms with Gasteiger partial charge in [-0.25, -0.2) is 0 Å². The quantitative estimate of drug-likeness (QED) is 0.386. The van der Waals surface area contributed by atoms with E-state index in [9.17, 15) is 0 Å². The third-order valence-electron chi connectivity index (χ3n) is 0. The Labute approximate surface area is 75.7 Å². The molecule has 0 aliphatic heterocycles. The Morgan fingerprint density at radius 1 is 0.800 bits per heavy atom. The van der Waals surface area contributed by atoms with Gasteiger partial charge in [0.15, 0.2) is 0 Å². The van der Waals surface area contributed by atoms with E-state index in [1.54, 1.807) is 0 Å². The Morgan fingerprint density at radius 3 is 0.800 bits per heavy atom. The van der Waals surface area contributed by atoms with Crippen LogP contribution in [0.2, 0.25) is 0 Å². The first kappa shape index (κ1) is 61.3. The number of halogens is 3. The van der Waals surface area contributed by atoms with Crippen LogP contribution in [0.1, 0.15) is 1.43 Å². The van der Waals surface area contributed by atoms with Crippen molar-refractivity contribution in [3.63, 3.8) is 0 Å². The topological polar surface area (TPSA) is 0 Å². The van der Waals surface area contributed by atoms with Gasteiger partial charge in [0.2, 0.25) is 0 Å². The zero-order valence-electron chi connectivity index (χ0n) is 2.75. The summed E-state index contributed by atoms with van der Waals surface area (Å²) in [6, 6.07) is 0. The summed E-state index contributed by atoms with van der Waals surface area (Å²) in [6.45, 7) is 0. The molecule has 0 rings (SSSR count). The number of hydrogen-bond acceptors (Lipinski definition) is 0. The molecule has 0 bridgehead atoms. The monoisotopic (exact) mass is 275 g/mol. The van der Waals surface area contributed by atoms with Crippen molar-refractivity contribution >= 4 is 0 Å². The first-order valence-corrected chi connectivity index (χ1v) is 0. The number of rotatable bonds is 0. The van der Waals surface area contributed by atoms with Gasteiger partial charge >= 0.3 is 38.9 Å². The molecule has 0 spiro atoms. The Hall–Kier alpha value is 2.05. The van der Waals surface area contributed by atoms with Crippen molar-refractivity contribution in [1.82, 2.24) is 0 Å². The zero-order chi connectivity index (χ0) is 0. The third kappa shape index (κ3) is 23.6. The Kier molecular flexibility index (Phi) is 450. The van der Waals surface area contributed by atoms with Crippen LogP contribution in [0.25, 0.3) is 0 Å². The van der Waals surface area contributed by atoms with E-state index in [0.29, 0.717) is 0 Å². The van der Waals surface area contributed by atoms with Gasteiger partial charge in [-0.05, 0) is 0 Å². The molecule has 0 aliphatic rings. The van der Waals surface area contributed by atoms with E-state index in [4.69, 9.17) is 0 Å². The van der Waals surface area contributed by atoms with Crippen molar-refractivity contribution in [2.75, 3.05) is 0 Å². The van der Waals surface area contributed by atoms with Crippen molar-refractivity contribution in [3.8, 4) is 0 Å². The van der Waals surface area contributed by atoms with E-state index < -0.39 is 0 Å². The van der Waals surface area contributed by atoms with Gasteiger partial charge in [-0.1, -0.05) is 0 Å². The molecule has 0 heterocycles. The second kappa shape index (κ2) is 36.7. The Balaban J connectivity index is 0. The van der Waals surface area contributed by atoms with Crippen LogP contribution in [-0.4, -0.2) is 0 Å². The molecule has 0 aliphatic carbocycles. The molecular formula is HCl3CuPd+. The van der Waals surface area contributed by atoms with E-state index in [2.05, 4.69) is 0 Å². The predicted molar refractivity (Wildman–Crippen MR) is 1.11 cm³/mol. The van der Waals surface area contributed by atoms with Crippen molar-refractivity contribution in [1.29, 1.82) is 0 Å². The minimum absolute atomic E-state index is 0. The molecule has 0 saturated heterocycles. The smallest absolute Gasteiger partial charge is 1.00 e. The molecule has 0 amide bonds. The van der Waals surface area contributed by atoms with Crippen LogP contribution in [0.15, 0.2) is 0 Å². The zero-order valence-corrected chi connectivity index (χ0v) is 6.52. The normalized spacial score (nSPS) is 0. The summed E-state index contributed by atoms with van der Waals surface area (Å²) in [5.41, 5.74) is 0. The standard InChI is InChI=1S/3ClH.Cu.Pd/h3*1H;;/q;;;+1;+2/p-2. The fraction of sp³-hybridized carbons (Fsp3) is 0. The van der Waals surface area contributed by atoms with Crippen LogP contribution < -0.4 is 37.2 Å². The van der Waals surface area contributed by atoms with Gasteiger partial charge in [0.25, 0.3) is 0 Å². The molecule has 5 heteroatoms. The summed E-state index contributed by atoms with van der Waals surface area (Å²) in [5, 5.41) is 0. The fourth-order valence-corrected chi connectivity index (χ4v) is 0. The summed E-state index contributed by atoms with van der Waals surface area (Å²) < 4.78 is 0. The average molecular weight is 277 g/mol. The molecule has 0 nitrogen and oxygen atoms in total. The summed E-state index contributed by atoms with van der Waals surface area (Å²) in [6.07, 6.45) is 0. The van der Waals surface area contributed by atoms with Crippen molar-refractivity contribution in [2.24, 2.45) is 0 Å². The minimum atomic E-state index is 0. The van der Waals surface area contributed by atoms with E-state index in [-0.39, 0.29) is 76.1 Å². The maximum absolute atomic E-state index is 0. The first-order valence-electron chi connectivity index (χ1n) is 0. The van der Waals surface area contributed by atoms with Crippen molar-refractivity contribution in [3.05, 3.63) is 0 Å². The molecule has 0 radical (unpaired) electrons. The van der Waals surface area contributed by atoms with Crippen LogP contribution in [0, 0.1) is 0 Å². The van der Waals surface area contributed by atoms with E-state index in [0.717, 1.165) is 0 Å². The molecule has 0 atom stereocenters. The first-order chi connectivity index (χ1) is 0. The predicted octanol–water partition coefficient (Wildman–Crippen LogP) is -8.88. The largest absolute Gasteiger partial charge is 2.00 e. The maximum atomic E-state index is 0. The second-order valence-corrected chi connectivity index (χ2v) is 0. The van der Waals surface area contributed by atoms with E-state index in [1.165, 1.54) is 0 Å².